The molecule has 4 atom stereocenters. The molecule has 2 saturated carbocycles. The Morgan fingerprint density at radius 3 is 2.31 bits per heavy atom. The molecule has 0 unspecified atom stereocenters. The Hall–Kier alpha value is -0.0400. The number of methoxy groups -OCH3 is 1. The average Bonchev–Trinajstić information content (AvgIpc) is 2.74. The summed E-state index contributed by atoms with van der Waals surface area (Å²) >= 11 is 0. The lowest BCUT2D eigenvalue weighted by Gasteiger charge is -2.31. The zero-order chi connectivity index (χ0) is 9.85. The van der Waals surface area contributed by atoms with Crippen LogP contribution in [0.25, 0.3) is 0 Å². The van der Waals surface area contributed by atoms with E-state index in [2.05, 4.69) is 27.7 Å². The SMILES string of the molecule is CO[C@]1(C)C[C@]2(C(C)C)C[C@@H]2[C@@H]1C. The van der Waals surface area contributed by atoms with Crippen LogP contribution in [0.15, 0.2) is 0 Å². The third kappa shape index (κ3) is 1.03. The van der Waals surface area contributed by atoms with Gasteiger partial charge in [-0.25, -0.2) is 0 Å². The van der Waals surface area contributed by atoms with Crippen molar-refractivity contribution in [1.29, 1.82) is 0 Å². The molecule has 0 aromatic heterocycles. The van der Waals surface area contributed by atoms with E-state index in [-0.39, 0.29) is 5.60 Å². The highest BCUT2D eigenvalue weighted by molar-refractivity contribution is 5.18. The van der Waals surface area contributed by atoms with E-state index in [1.54, 1.807) is 0 Å². The molecule has 0 heterocycles. The van der Waals surface area contributed by atoms with Gasteiger partial charge < -0.3 is 4.74 Å². The van der Waals surface area contributed by atoms with Gasteiger partial charge in [-0.05, 0) is 42.9 Å². The standard InChI is InChI=1S/C12H22O/c1-8(2)12-6-10(12)9(3)11(4,7-12)13-5/h8-10H,6-7H2,1-5H3/t9-,10+,11+,12-/m0/s1. The van der Waals surface area contributed by atoms with Gasteiger partial charge in [0.2, 0.25) is 0 Å². The van der Waals surface area contributed by atoms with Crippen molar-refractivity contribution < 1.29 is 4.74 Å². The van der Waals surface area contributed by atoms with Crippen molar-refractivity contribution in [3.05, 3.63) is 0 Å². The monoisotopic (exact) mass is 182 g/mol. The minimum atomic E-state index is 0.160. The summed E-state index contributed by atoms with van der Waals surface area (Å²) in [5, 5.41) is 0. The van der Waals surface area contributed by atoms with Gasteiger partial charge in [0, 0.05) is 7.11 Å². The first-order valence-corrected chi connectivity index (χ1v) is 5.51. The van der Waals surface area contributed by atoms with E-state index in [9.17, 15) is 0 Å². The van der Waals surface area contributed by atoms with E-state index >= 15 is 0 Å². The minimum absolute atomic E-state index is 0.160. The van der Waals surface area contributed by atoms with Crippen LogP contribution in [-0.2, 0) is 4.74 Å². The minimum Gasteiger partial charge on any atom is -0.378 e. The highest BCUT2D eigenvalue weighted by atomic mass is 16.5. The van der Waals surface area contributed by atoms with E-state index in [1.165, 1.54) is 12.8 Å². The van der Waals surface area contributed by atoms with E-state index in [0.29, 0.717) is 5.41 Å². The molecule has 1 heteroatoms. The second kappa shape index (κ2) is 2.50. The molecule has 0 radical (unpaired) electrons. The molecule has 2 aliphatic rings. The Kier molecular flexibility index (Phi) is 1.83. The number of ether oxygens (including phenoxy) is 1. The first kappa shape index (κ1) is 9.51. The van der Waals surface area contributed by atoms with Gasteiger partial charge in [-0.3, -0.25) is 0 Å². The van der Waals surface area contributed by atoms with Crippen molar-refractivity contribution in [2.75, 3.05) is 7.11 Å². The fourth-order valence-electron chi connectivity index (χ4n) is 3.59. The van der Waals surface area contributed by atoms with Crippen molar-refractivity contribution in [1.82, 2.24) is 0 Å². The Bertz CT molecular complexity index is 223. The first-order chi connectivity index (χ1) is 5.96. The van der Waals surface area contributed by atoms with Crippen molar-refractivity contribution >= 4 is 0 Å². The zero-order valence-corrected chi connectivity index (χ0v) is 9.55. The number of hydrogen-bond acceptors (Lipinski definition) is 1. The van der Waals surface area contributed by atoms with Gasteiger partial charge in [0.15, 0.2) is 0 Å². The summed E-state index contributed by atoms with van der Waals surface area (Å²) < 4.78 is 5.69. The van der Waals surface area contributed by atoms with Crippen molar-refractivity contribution in [3.63, 3.8) is 0 Å². The lowest BCUT2D eigenvalue weighted by molar-refractivity contribution is -0.0379. The lowest BCUT2D eigenvalue weighted by Crippen LogP contribution is -2.33. The van der Waals surface area contributed by atoms with Gasteiger partial charge in [0.25, 0.3) is 0 Å². The van der Waals surface area contributed by atoms with Crippen LogP contribution < -0.4 is 0 Å². The van der Waals surface area contributed by atoms with Crippen LogP contribution in [0.4, 0.5) is 0 Å². The molecule has 2 aliphatic carbocycles. The Morgan fingerprint density at radius 1 is 1.38 bits per heavy atom. The van der Waals surface area contributed by atoms with E-state index in [4.69, 9.17) is 4.74 Å². The molecule has 2 rings (SSSR count). The summed E-state index contributed by atoms with van der Waals surface area (Å²) in [5.74, 6) is 2.52. The summed E-state index contributed by atoms with van der Waals surface area (Å²) in [6.07, 6.45) is 2.73. The maximum absolute atomic E-state index is 5.69. The van der Waals surface area contributed by atoms with Crippen LogP contribution in [-0.4, -0.2) is 12.7 Å². The van der Waals surface area contributed by atoms with Gasteiger partial charge in [0.1, 0.15) is 0 Å². The van der Waals surface area contributed by atoms with Gasteiger partial charge in [-0.2, -0.15) is 0 Å². The van der Waals surface area contributed by atoms with E-state index < -0.39 is 0 Å². The molecule has 0 spiro atoms. The molecule has 0 amide bonds. The number of fused-ring (bicyclic) bond motifs is 1. The Labute approximate surface area is 81.9 Å². The van der Waals surface area contributed by atoms with E-state index in [0.717, 1.165) is 17.8 Å². The molecule has 0 bridgehead atoms. The second-order valence-corrected chi connectivity index (χ2v) is 5.68. The van der Waals surface area contributed by atoms with Gasteiger partial charge in [-0.1, -0.05) is 20.8 Å². The molecular weight excluding hydrogens is 160 g/mol. The molecule has 0 saturated heterocycles. The highest BCUT2D eigenvalue weighted by Gasteiger charge is 2.68. The lowest BCUT2D eigenvalue weighted by atomic mass is 9.84. The molecule has 0 N–H and O–H groups in total. The highest BCUT2D eigenvalue weighted by Crippen LogP contribution is 2.72. The molecule has 76 valence electrons. The topological polar surface area (TPSA) is 9.23 Å². The summed E-state index contributed by atoms with van der Waals surface area (Å²) in [6, 6.07) is 0. The third-order valence-electron chi connectivity index (χ3n) is 5.04. The quantitative estimate of drug-likeness (QED) is 0.637. The molecule has 13 heavy (non-hydrogen) atoms. The van der Waals surface area contributed by atoms with Gasteiger partial charge in [-0.15, -0.1) is 0 Å². The van der Waals surface area contributed by atoms with Crippen LogP contribution >= 0.6 is 0 Å². The molecule has 2 fully saturated rings. The van der Waals surface area contributed by atoms with Crippen LogP contribution in [0.2, 0.25) is 0 Å². The molecular formula is C12H22O. The molecule has 0 aromatic rings. The van der Waals surface area contributed by atoms with Crippen LogP contribution in [0.5, 0.6) is 0 Å². The van der Waals surface area contributed by atoms with Crippen molar-refractivity contribution in [3.8, 4) is 0 Å². The van der Waals surface area contributed by atoms with Crippen LogP contribution in [0.1, 0.15) is 40.5 Å². The van der Waals surface area contributed by atoms with Gasteiger partial charge >= 0.3 is 0 Å². The Balaban J connectivity index is 2.19. The third-order valence-corrected chi connectivity index (χ3v) is 5.04. The number of rotatable bonds is 2. The second-order valence-electron chi connectivity index (χ2n) is 5.68. The zero-order valence-electron chi connectivity index (χ0n) is 9.55. The number of hydrogen-bond donors (Lipinski definition) is 0. The fraction of sp³-hybridized carbons (Fsp3) is 1.00. The molecule has 1 nitrogen and oxygen atoms in total. The fourth-order valence-corrected chi connectivity index (χ4v) is 3.59. The smallest absolute Gasteiger partial charge is 0.0684 e. The van der Waals surface area contributed by atoms with E-state index in [1.807, 2.05) is 7.11 Å². The summed E-state index contributed by atoms with van der Waals surface area (Å²) in [5.41, 5.74) is 0.803. The Morgan fingerprint density at radius 2 is 2.00 bits per heavy atom. The normalized spacial score (nSPS) is 54.0. The maximum atomic E-state index is 5.69. The van der Waals surface area contributed by atoms with Crippen molar-refractivity contribution in [2.45, 2.75) is 46.1 Å². The predicted molar refractivity (Wildman–Crippen MR) is 54.6 cm³/mol. The van der Waals surface area contributed by atoms with Crippen LogP contribution in [0, 0.1) is 23.2 Å². The molecule has 0 aromatic carbocycles. The molecule has 0 aliphatic heterocycles. The van der Waals surface area contributed by atoms with Crippen molar-refractivity contribution in [2.24, 2.45) is 23.2 Å². The first-order valence-electron chi connectivity index (χ1n) is 5.51. The summed E-state index contributed by atoms with van der Waals surface area (Å²) in [7, 11) is 1.87. The van der Waals surface area contributed by atoms with Crippen LogP contribution in [0.3, 0.4) is 0 Å². The maximum Gasteiger partial charge on any atom is 0.0684 e. The summed E-state index contributed by atoms with van der Waals surface area (Å²) in [6.45, 7) is 9.39. The summed E-state index contributed by atoms with van der Waals surface area (Å²) in [4.78, 5) is 0. The predicted octanol–water partition coefficient (Wildman–Crippen LogP) is 3.09. The van der Waals surface area contributed by atoms with Gasteiger partial charge in [0.05, 0.1) is 5.60 Å². The average molecular weight is 182 g/mol. The largest absolute Gasteiger partial charge is 0.378 e.